The maximum atomic E-state index is 13.5. The number of rotatable bonds is 4. The van der Waals surface area contributed by atoms with Gasteiger partial charge in [0, 0.05) is 26.2 Å². The van der Waals surface area contributed by atoms with E-state index in [2.05, 4.69) is 10.2 Å². The highest BCUT2D eigenvalue weighted by Crippen LogP contribution is 2.34. The highest BCUT2D eigenvalue weighted by atomic mass is 19.1. The lowest BCUT2D eigenvalue weighted by atomic mass is 9.96. The van der Waals surface area contributed by atoms with Crippen LogP contribution in [-0.2, 0) is 4.79 Å². The maximum absolute atomic E-state index is 13.5. The van der Waals surface area contributed by atoms with Gasteiger partial charge in [-0.05, 0) is 47.5 Å². The summed E-state index contributed by atoms with van der Waals surface area (Å²) in [6.07, 6.45) is 0. The highest BCUT2D eigenvalue weighted by Gasteiger charge is 2.31. The Kier molecular flexibility index (Phi) is 5.98. The number of ether oxygens (including phenoxy) is 1. The van der Waals surface area contributed by atoms with Crippen molar-refractivity contribution in [2.24, 2.45) is 0 Å². The summed E-state index contributed by atoms with van der Waals surface area (Å²) in [5, 5.41) is 2.73. The van der Waals surface area contributed by atoms with Crippen molar-refractivity contribution in [2.75, 3.05) is 38.1 Å². The Bertz CT molecular complexity index is 1160. The van der Waals surface area contributed by atoms with Crippen molar-refractivity contribution in [2.45, 2.75) is 6.04 Å². The van der Waals surface area contributed by atoms with Crippen molar-refractivity contribution in [3.05, 3.63) is 95.1 Å². The number of hydrogen-bond donors (Lipinski definition) is 1. The Morgan fingerprint density at radius 1 is 0.853 bits per heavy atom. The molecule has 174 valence electrons. The molecule has 3 aromatic rings. The first-order valence-corrected chi connectivity index (χ1v) is 11.1. The van der Waals surface area contributed by atoms with Gasteiger partial charge >= 0.3 is 0 Å². The molecule has 0 spiro atoms. The zero-order valence-electron chi connectivity index (χ0n) is 18.3. The number of fused-ring (bicyclic) bond motifs is 1. The molecule has 1 fully saturated rings. The highest BCUT2D eigenvalue weighted by molar-refractivity contribution is 6.03. The number of carbonyl (C=O) groups is 2. The first kappa shape index (κ1) is 22.0. The number of carbonyl (C=O) groups excluding carboxylic acids is 2. The number of benzene rings is 3. The van der Waals surface area contributed by atoms with Crippen LogP contribution < -0.4 is 10.1 Å². The fourth-order valence-corrected chi connectivity index (χ4v) is 4.54. The second-order valence-electron chi connectivity index (χ2n) is 8.35. The summed E-state index contributed by atoms with van der Waals surface area (Å²) in [6, 6.07) is 17.6. The molecule has 0 unspecified atom stereocenters. The van der Waals surface area contributed by atoms with Crippen molar-refractivity contribution in [1.82, 2.24) is 9.80 Å². The Labute approximate surface area is 195 Å². The third-order valence-electron chi connectivity index (χ3n) is 6.21. The first-order valence-electron chi connectivity index (χ1n) is 11.1. The molecule has 6 nitrogen and oxygen atoms in total. The van der Waals surface area contributed by atoms with E-state index in [0.29, 0.717) is 43.2 Å². The van der Waals surface area contributed by atoms with Crippen molar-refractivity contribution < 1.29 is 23.1 Å². The van der Waals surface area contributed by atoms with Gasteiger partial charge in [-0.3, -0.25) is 14.5 Å². The normalized spacial score (nSPS) is 16.1. The van der Waals surface area contributed by atoms with Crippen LogP contribution in [0.3, 0.4) is 0 Å². The summed E-state index contributed by atoms with van der Waals surface area (Å²) in [5.74, 6) is -0.653. The van der Waals surface area contributed by atoms with Gasteiger partial charge in [-0.1, -0.05) is 30.3 Å². The lowest BCUT2D eigenvalue weighted by Crippen LogP contribution is -2.50. The summed E-state index contributed by atoms with van der Waals surface area (Å²) in [4.78, 5) is 28.8. The van der Waals surface area contributed by atoms with Crippen molar-refractivity contribution in [1.29, 1.82) is 0 Å². The van der Waals surface area contributed by atoms with Crippen LogP contribution in [0.2, 0.25) is 0 Å². The van der Waals surface area contributed by atoms with E-state index in [1.165, 1.54) is 24.3 Å². The monoisotopic (exact) mass is 463 g/mol. The summed E-state index contributed by atoms with van der Waals surface area (Å²) in [6.45, 7) is 2.00. The van der Waals surface area contributed by atoms with Gasteiger partial charge in [0.25, 0.3) is 11.8 Å². The standard InChI is InChI=1S/C26H23F2N3O3/c27-19-8-4-17(5-9-19)24(18-6-10-20(28)11-7-18)30-12-14-31(15-13-30)26(33)21-2-1-3-22-25(21)34-16-23(32)29-22/h1-11,24H,12-16H2,(H,29,32). The molecular weight excluding hydrogens is 440 g/mol. The van der Waals surface area contributed by atoms with Crippen LogP contribution in [0.1, 0.15) is 27.5 Å². The third kappa shape index (κ3) is 4.36. The van der Waals surface area contributed by atoms with Gasteiger partial charge in [-0.25, -0.2) is 8.78 Å². The Hall–Kier alpha value is -3.78. The first-order chi connectivity index (χ1) is 16.5. The molecule has 0 aliphatic carbocycles. The number of piperazine rings is 1. The van der Waals surface area contributed by atoms with Gasteiger partial charge in [0.2, 0.25) is 0 Å². The molecular formula is C26H23F2N3O3. The minimum absolute atomic E-state index is 0.123. The minimum atomic E-state index is -0.318. The number of hydrogen-bond acceptors (Lipinski definition) is 4. The molecule has 3 aromatic carbocycles. The number of para-hydroxylation sites is 1. The lowest BCUT2D eigenvalue weighted by Gasteiger charge is -2.40. The fourth-order valence-electron chi connectivity index (χ4n) is 4.54. The smallest absolute Gasteiger partial charge is 0.262 e. The van der Waals surface area contributed by atoms with Crippen LogP contribution >= 0.6 is 0 Å². The predicted molar refractivity (Wildman–Crippen MR) is 123 cm³/mol. The summed E-state index contributed by atoms with van der Waals surface area (Å²) < 4.78 is 32.6. The Morgan fingerprint density at radius 2 is 1.44 bits per heavy atom. The molecule has 0 saturated carbocycles. The summed E-state index contributed by atoms with van der Waals surface area (Å²) >= 11 is 0. The van der Waals surface area contributed by atoms with E-state index in [9.17, 15) is 18.4 Å². The van der Waals surface area contributed by atoms with E-state index in [4.69, 9.17) is 4.74 Å². The second kappa shape index (κ2) is 9.23. The van der Waals surface area contributed by atoms with Crippen LogP contribution in [0.4, 0.5) is 14.5 Å². The molecule has 5 rings (SSSR count). The predicted octanol–water partition coefficient (Wildman–Crippen LogP) is 3.84. The molecule has 34 heavy (non-hydrogen) atoms. The number of nitrogens with one attached hydrogen (secondary N) is 1. The van der Waals surface area contributed by atoms with E-state index in [1.54, 1.807) is 47.4 Å². The summed E-state index contributed by atoms with van der Waals surface area (Å²) in [5.41, 5.74) is 2.70. The van der Waals surface area contributed by atoms with E-state index >= 15 is 0 Å². The molecule has 2 aliphatic rings. The Morgan fingerprint density at radius 3 is 2.03 bits per heavy atom. The van der Waals surface area contributed by atoms with Gasteiger partial charge in [-0.15, -0.1) is 0 Å². The molecule has 8 heteroatoms. The fraction of sp³-hybridized carbons (Fsp3) is 0.231. The molecule has 2 heterocycles. The van der Waals surface area contributed by atoms with Crippen LogP contribution in [0.5, 0.6) is 5.75 Å². The average molecular weight is 463 g/mol. The molecule has 0 bridgehead atoms. The number of nitrogens with zero attached hydrogens (tertiary/aromatic N) is 2. The van der Waals surface area contributed by atoms with Crippen LogP contribution in [0.15, 0.2) is 66.7 Å². The summed E-state index contributed by atoms with van der Waals surface area (Å²) in [7, 11) is 0. The van der Waals surface area contributed by atoms with Crippen molar-refractivity contribution >= 4 is 17.5 Å². The van der Waals surface area contributed by atoms with Crippen LogP contribution in [0.25, 0.3) is 0 Å². The quantitative estimate of drug-likeness (QED) is 0.639. The van der Waals surface area contributed by atoms with Gasteiger partial charge in [0.1, 0.15) is 11.6 Å². The van der Waals surface area contributed by atoms with Gasteiger partial charge in [-0.2, -0.15) is 0 Å². The van der Waals surface area contributed by atoms with Crippen molar-refractivity contribution in [3.8, 4) is 5.75 Å². The second-order valence-corrected chi connectivity index (χ2v) is 8.35. The van der Waals surface area contributed by atoms with Gasteiger partial charge in [0.05, 0.1) is 17.3 Å². The molecule has 0 radical (unpaired) electrons. The number of anilines is 1. The molecule has 1 saturated heterocycles. The lowest BCUT2D eigenvalue weighted by molar-refractivity contribution is -0.118. The average Bonchev–Trinajstić information content (AvgIpc) is 2.86. The van der Waals surface area contributed by atoms with Crippen LogP contribution in [0, 0.1) is 11.6 Å². The van der Waals surface area contributed by atoms with Crippen molar-refractivity contribution in [3.63, 3.8) is 0 Å². The number of halogens is 2. The van der Waals surface area contributed by atoms with Crippen LogP contribution in [-0.4, -0.2) is 54.4 Å². The maximum Gasteiger partial charge on any atom is 0.262 e. The van der Waals surface area contributed by atoms with E-state index in [1.807, 2.05) is 0 Å². The van der Waals surface area contributed by atoms with E-state index in [-0.39, 0.29) is 36.1 Å². The zero-order chi connectivity index (χ0) is 23.7. The topological polar surface area (TPSA) is 61.9 Å². The minimum Gasteiger partial charge on any atom is -0.481 e. The van der Waals surface area contributed by atoms with Gasteiger partial charge < -0.3 is 15.0 Å². The van der Waals surface area contributed by atoms with E-state index in [0.717, 1.165) is 11.1 Å². The van der Waals surface area contributed by atoms with Gasteiger partial charge in [0.15, 0.2) is 12.4 Å². The molecule has 2 aliphatic heterocycles. The molecule has 0 atom stereocenters. The zero-order valence-corrected chi connectivity index (χ0v) is 18.3. The Balaban J connectivity index is 1.35. The largest absolute Gasteiger partial charge is 0.481 e. The van der Waals surface area contributed by atoms with E-state index < -0.39 is 0 Å². The molecule has 2 amide bonds. The SMILES string of the molecule is O=C1COc2c(cccc2C(=O)N2CCN(C(c3ccc(F)cc3)c3ccc(F)cc3)CC2)N1. The third-order valence-corrected chi connectivity index (χ3v) is 6.21. The molecule has 0 aromatic heterocycles. The molecule has 1 N–H and O–H groups in total. The number of amides is 2.